The lowest BCUT2D eigenvalue weighted by molar-refractivity contribution is 0.0474. The Morgan fingerprint density at radius 2 is 2.11 bits per heavy atom. The van der Waals surface area contributed by atoms with E-state index in [9.17, 15) is 9.90 Å². The highest BCUT2D eigenvalue weighted by molar-refractivity contribution is 7.10. The van der Waals surface area contributed by atoms with E-state index >= 15 is 0 Å². The molecule has 1 aromatic carbocycles. The number of aliphatic hydroxyl groups is 1. The number of amides is 1. The molecule has 1 unspecified atom stereocenters. The molecule has 1 amide bonds. The number of likely N-dealkylation sites (tertiary alicyclic amines) is 1. The van der Waals surface area contributed by atoms with E-state index < -0.39 is 6.10 Å². The Bertz CT molecular complexity index is 742. The van der Waals surface area contributed by atoms with Crippen molar-refractivity contribution in [2.24, 2.45) is 11.7 Å². The minimum atomic E-state index is -0.445. The summed E-state index contributed by atoms with van der Waals surface area (Å²) in [7, 11) is 1.57. The first-order valence-electron chi connectivity index (χ1n) is 9.15. The van der Waals surface area contributed by atoms with E-state index in [-0.39, 0.29) is 11.8 Å². The SMILES string of the molecule is COc1ccc(C(=O)N2CCC(C(O)c3cccs3)CC2)cc1OCCN. The molecule has 0 saturated carbocycles. The van der Waals surface area contributed by atoms with Crippen LogP contribution in [0.4, 0.5) is 0 Å². The van der Waals surface area contributed by atoms with Gasteiger partial charge in [-0.15, -0.1) is 11.3 Å². The van der Waals surface area contributed by atoms with E-state index in [0.29, 0.717) is 43.3 Å². The number of ether oxygens (including phenoxy) is 2. The second-order valence-electron chi connectivity index (χ2n) is 6.59. The number of carbonyl (C=O) groups excluding carboxylic acids is 1. The molecule has 3 rings (SSSR count). The monoisotopic (exact) mass is 390 g/mol. The second kappa shape index (κ2) is 9.21. The van der Waals surface area contributed by atoms with Gasteiger partial charge in [0.2, 0.25) is 0 Å². The van der Waals surface area contributed by atoms with Crippen molar-refractivity contribution in [2.75, 3.05) is 33.4 Å². The van der Waals surface area contributed by atoms with Crippen LogP contribution in [0.3, 0.4) is 0 Å². The number of aliphatic hydroxyl groups excluding tert-OH is 1. The molecule has 3 N–H and O–H groups in total. The molecule has 146 valence electrons. The Labute approximate surface area is 163 Å². The van der Waals surface area contributed by atoms with E-state index in [1.165, 1.54) is 0 Å². The van der Waals surface area contributed by atoms with Gasteiger partial charge in [0, 0.05) is 30.1 Å². The van der Waals surface area contributed by atoms with E-state index in [1.807, 2.05) is 22.4 Å². The smallest absolute Gasteiger partial charge is 0.253 e. The molecule has 6 nitrogen and oxygen atoms in total. The first-order valence-corrected chi connectivity index (χ1v) is 10.0. The molecule has 7 heteroatoms. The van der Waals surface area contributed by atoms with Crippen molar-refractivity contribution in [3.63, 3.8) is 0 Å². The highest BCUT2D eigenvalue weighted by atomic mass is 32.1. The van der Waals surface area contributed by atoms with E-state index in [0.717, 1.165) is 17.7 Å². The third-order valence-corrected chi connectivity index (χ3v) is 5.84. The van der Waals surface area contributed by atoms with Crippen molar-refractivity contribution in [1.29, 1.82) is 0 Å². The Morgan fingerprint density at radius 1 is 1.33 bits per heavy atom. The number of hydrogen-bond donors (Lipinski definition) is 2. The zero-order chi connectivity index (χ0) is 19.2. The van der Waals surface area contributed by atoms with Crippen LogP contribution in [0.15, 0.2) is 35.7 Å². The molecule has 1 atom stereocenters. The quantitative estimate of drug-likeness (QED) is 0.759. The van der Waals surface area contributed by atoms with Gasteiger partial charge in [-0.2, -0.15) is 0 Å². The maximum atomic E-state index is 12.9. The maximum absolute atomic E-state index is 12.9. The van der Waals surface area contributed by atoms with Gasteiger partial charge in [-0.3, -0.25) is 4.79 Å². The minimum absolute atomic E-state index is 0.0284. The third kappa shape index (κ3) is 4.61. The summed E-state index contributed by atoms with van der Waals surface area (Å²) in [5.41, 5.74) is 6.06. The average molecular weight is 391 g/mol. The third-order valence-electron chi connectivity index (χ3n) is 4.89. The number of methoxy groups -OCH3 is 1. The summed E-state index contributed by atoms with van der Waals surface area (Å²) in [5, 5.41) is 12.5. The summed E-state index contributed by atoms with van der Waals surface area (Å²) in [4.78, 5) is 15.7. The minimum Gasteiger partial charge on any atom is -0.493 e. The molecule has 27 heavy (non-hydrogen) atoms. The lowest BCUT2D eigenvalue weighted by Crippen LogP contribution is -2.39. The van der Waals surface area contributed by atoms with Crippen LogP contribution in [0, 0.1) is 5.92 Å². The summed E-state index contributed by atoms with van der Waals surface area (Å²) >= 11 is 1.57. The Morgan fingerprint density at radius 3 is 2.74 bits per heavy atom. The van der Waals surface area contributed by atoms with Gasteiger partial charge in [0.1, 0.15) is 6.61 Å². The van der Waals surface area contributed by atoms with Crippen LogP contribution in [-0.2, 0) is 0 Å². The normalized spacial score (nSPS) is 16.2. The lowest BCUT2D eigenvalue weighted by Gasteiger charge is -2.34. The molecule has 2 heterocycles. The molecule has 2 aromatic rings. The molecule has 0 bridgehead atoms. The number of rotatable bonds is 7. The van der Waals surface area contributed by atoms with Crippen molar-refractivity contribution >= 4 is 17.2 Å². The zero-order valence-electron chi connectivity index (χ0n) is 15.5. The van der Waals surface area contributed by atoms with Crippen LogP contribution in [-0.4, -0.2) is 49.3 Å². The molecule has 1 aliphatic heterocycles. The van der Waals surface area contributed by atoms with Crippen LogP contribution < -0.4 is 15.2 Å². The number of carbonyl (C=O) groups is 1. The summed E-state index contributed by atoms with van der Waals surface area (Å²) < 4.78 is 10.9. The fourth-order valence-corrected chi connectivity index (χ4v) is 4.19. The number of piperidine rings is 1. The Kier molecular flexibility index (Phi) is 6.71. The fourth-order valence-electron chi connectivity index (χ4n) is 3.38. The van der Waals surface area contributed by atoms with Crippen molar-refractivity contribution in [3.8, 4) is 11.5 Å². The van der Waals surface area contributed by atoms with Gasteiger partial charge in [0.15, 0.2) is 11.5 Å². The fraction of sp³-hybridized carbons (Fsp3) is 0.450. The highest BCUT2D eigenvalue weighted by Gasteiger charge is 2.29. The molecular weight excluding hydrogens is 364 g/mol. The summed E-state index contributed by atoms with van der Waals surface area (Å²) in [6.45, 7) is 2.02. The first-order chi connectivity index (χ1) is 13.1. The molecule has 0 aliphatic carbocycles. The van der Waals surface area contributed by atoms with Crippen LogP contribution in [0.5, 0.6) is 11.5 Å². The maximum Gasteiger partial charge on any atom is 0.253 e. The molecule has 1 fully saturated rings. The number of hydrogen-bond acceptors (Lipinski definition) is 6. The topological polar surface area (TPSA) is 85.0 Å². The largest absolute Gasteiger partial charge is 0.493 e. The standard InChI is InChI=1S/C20H26N2O4S/c1-25-16-5-4-15(13-17(16)26-11-8-21)20(24)22-9-6-14(7-10-22)19(23)18-3-2-12-27-18/h2-5,12-14,19,23H,6-11,21H2,1H3. The van der Waals surface area contributed by atoms with Crippen LogP contribution in [0.2, 0.25) is 0 Å². The highest BCUT2D eigenvalue weighted by Crippen LogP contribution is 2.34. The Balaban J connectivity index is 1.63. The van der Waals surface area contributed by atoms with E-state index in [4.69, 9.17) is 15.2 Å². The summed E-state index contributed by atoms with van der Waals surface area (Å²) in [5.74, 6) is 1.26. The molecule has 1 aliphatic rings. The lowest BCUT2D eigenvalue weighted by atomic mass is 9.90. The first kappa shape index (κ1) is 19.7. The molecule has 0 spiro atoms. The van der Waals surface area contributed by atoms with Crippen LogP contribution >= 0.6 is 11.3 Å². The number of nitrogens with zero attached hydrogens (tertiary/aromatic N) is 1. The average Bonchev–Trinajstić information content (AvgIpc) is 3.26. The zero-order valence-corrected chi connectivity index (χ0v) is 16.3. The second-order valence-corrected chi connectivity index (χ2v) is 7.57. The van der Waals surface area contributed by atoms with Gasteiger partial charge in [0.25, 0.3) is 5.91 Å². The van der Waals surface area contributed by atoms with Gasteiger partial charge in [0.05, 0.1) is 13.2 Å². The number of nitrogens with two attached hydrogens (primary N) is 1. The molecular formula is C20H26N2O4S. The van der Waals surface area contributed by atoms with E-state index in [1.54, 1.807) is 36.6 Å². The predicted molar refractivity (Wildman–Crippen MR) is 105 cm³/mol. The van der Waals surface area contributed by atoms with Gasteiger partial charge >= 0.3 is 0 Å². The van der Waals surface area contributed by atoms with Gasteiger partial charge in [-0.1, -0.05) is 6.07 Å². The van der Waals surface area contributed by atoms with Crippen molar-refractivity contribution < 1.29 is 19.4 Å². The summed E-state index contributed by atoms with van der Waals surface area (Å²) in [6.07, 6.45) is 1.13. The summed E-state index contributed by atoms with van der Waals surface area (Å²) in [6, 6.07) is 9.13. The van der Waals surface area contributed by atoms with E-state index in [2.05, 4.69) is 0 Å². The molecule has 1 saturated heterocycles. The number of benzene rings is 1. The van der Waals surface area contributed by atoms with Crippen LogP contribution in [0.1, 0.15) is 34.2 Å². The van der Waals surface area contributed by atoms with Crippen molar-refractivity contribution in [2.45, 2.75) is 18.9 Å². The van der Waals surface area contributed by atoms with Gasteiger partial charge in [-0.05, 0) is 48.4 Å². The number of thiophene rings is 1. The van der Waals surface area contributed by atoms with Gasteiger partial charge in [-0.25, -0.2) is 0 Å². The van der Waals surface area contributed by atoms with Gasteiger partial charge < -0.3 is 25.2 Å². The molecule has 1 aromatic heterocycles. The van der Waals surface area contributed by atoms with Crippen molar-refractivity contribution in [1.82, 2.24) is 4.90 Å². The predicted octanol–water partition coefficient (Wildman–Crippen LogP) is 2.68. The van der Waals surface area contributed by atoms with Crippen LogP contribution in [0.25, 0.3) is 0 Å². The molecule has 0 radical (unpaired) electrons. The van der Waals surface area contributed by atoms with Crippen molar-refractivity contribution in [3.05, 3.63) is 46.2 Å². The Hall–Kier alpha value is -2.09.